The molecular weight excluding hydrogens is 471 g/mol. The lowest BCUT2D eigenvalue weighted by molar-refractivity contribution is 0.0940. The second-order valence-corrected chi connectivity index (χ2v) is 9.49. The zero-order valence-corrected chi connectivity index (χ0v) is 20.6. The fourth-order valence-electron chi connectivity index (χ4n) is 3.97. The monoisotopic (exact) mass is 496 g/mol. The number of carbonyl (C=O) groups excluding carboxylic acids is 1. The van der Waals surface area contributed by atoms with Gasteiger partial charge in [0.2, 0.25) is 0 Å². The zero-order valence-electron chi connectivity index (χ0n) is 19.8. The number of carbonyl (C=O) groups is 1. The van der Waals surface area contributed by atoms with Crippen LogP contribution in [0.5, 0.6) is 0 Å². The van der Waals surface area contributed by atoms with Crippen molar-refractivity contribution >= 4 is 28.8 Å². The number of pyridine rings is 1. The Morgan fingerprint density at radius 2 is 1.67 bits per heavy atom. The molecule has 1 amide bonds. The number of aromatic nitrogens is 3. The predicted octanol–water partition coefficient (Wildman–Crippen LogP) is 6.40. The Balaban J connectivity index is 1.31. The first-order valence-electron chi connectivity index (χ1n) is 11.7. The molecule has 1 N–H and O–H groups in total. The molecule has 0 aliphatic heterocycles. The lowest BCUT2D eigenvalue weighted by atomic mass is 10.1. The third-order valence-corrected chi connectivity index (χ3v) is 7.00. The number of halogens is 1. The molecule has 0 spiro atoms. The Hall–Kier alpha value is -3.97. The molecule has 7 heteroatoms. The third-order valence-electron chi connectivity index (χ3n) is 5.95. The van der Waals surface area contributed by atoms with Crippen molar-refractivity contribution in [1.82, 2.24) is 19.9 Å². The van der Waals surface area contributed by atoms with Crippen molar-refractivity contribution in [2.45, 2.75) is 30.4 Å². The van der Waals surface area contributed by atoms with Gasteiger partial charge >= 0.3 is 0 Å². The second kappa shape index (κ2) is 10.7. The SMILES string of the molecule is C[C@@H](NC(=O)c1ccc(Cn2c(SCc3ccc(F)cc3)nc3cccnc32)cc1)c1ccccc1. The van der Waals surface area contributed by atoms with Gasteiger partial charge in [0, 0.05) is 17.5 Å². The maximum absolute atomic E-state index is 13.3. The Labute approximate surface area is 213 Å². The highest BCUT2D eigenvalue weighted by Gasteiger charge is 2.15. The number of benzene rings is 3. The number of thioether (sulfide) groups is 1. The molecule has 0 saturated carbocycles. The van der Waals surface area contributed by atoms with Crippen LogP contribution in [0.4, 0.5) is 4.39 Å². The highest BCUT2D eigenvalue weighted by Crippen LogP contribution is 2.27. The molecular formula is C29H25FN4OS. The second-order valence-electron chi connectivity index (χ2n) is 8.54. The molecule has 2 heterocycles. The van der Waals surface area contributed by atoms with E-state index >= 15 is 0 Å². The molecule has 5 rings (SSSR count). The van der Waals surface area contributed by atoms with Crippen molar-refractivity contribution in [2.75, 3.05) is 0 Å². The Bertz CT molecular complexity index is 1470. The molecule has 180 valence electrons. The first kappa shape index (κ1) is 23.8. The molecule has 0 unspecified atom stereocenters. The van der Waals surface area contributed by atoms with Gasteiger partial charge < -0.3 is 5.32 Å². The zero-order chi connectivity index (χ0) is 24.9. The van der Waals surface area contributed by atoms with Gasteiger partial charge in [0.15, 0.2) is 10.8 Å². The van der Waals surface area contributed by atoms with Crippen molar-refractivity contribution < 1.29 is 9.18 Å². The maximum Gasteiger partial charge on any atom is 0.251 e. The molecule has 0 aliphatic rings. The average molecular weight is 497 g/mol. The minimum absolute atomic E-state index is 0.0811. The number of rotatable bonds is 8. The van der Waals surface area contributed by atoms with Gasteiger partial charge in [-0.25, -0.2) is 14.4 Å². The van der Waals surface area contributed by atoms with Gasteiger partial charge in [-0.1, -0.05) is 66.4 Å². The highest BCUT2D eigenvalue weighted by molar-refractivity contribution is 7.98. The van der Waals surface area contributed by atoms with E-state index in [1.165, 1.54) is 12.1 Å². The molecule has 3 aromatic carbocycles. The molecule has 0 bridgehead atoms. The number of hydrogen-bond acceptors (Lipinski definition) is 4. The summed E-state index contributed by atoms with van der Waals surface area (Å²) in [5, 5.41) is 3.89. The van der Waals surface area contributed by atoms with E-state index in [-0.39, 0.29) is 17.8 Å². The molecule has 1 atom stereocenters. The van der Waals surface area contributed by atoms with Gasteiger partial charge in [-0.2, -0.15) is 0 Å². The largest absolute Gasteiger partial charge is 0.346 e. The number of imidazole rings is 1. The van der Waals surface area contributed by atoms with Crippen LogP contribution in [0.1, 0.15) is 40.0 Å². The number of amides is 1. The van der Waals surface area contributed by atoms with Gasteiger partial charge in [0.25, 0.3) is 5.91 Å². The lowest BCUT2D eigenvalue weighted by Crippen LogP contribution is -2.26. The average Bonchev–Trinajstić information content (AvgIpc) is 3.26. The van der Waals surface area contributed by atoms with Gasteiger partial charge in [-0.3, -0.25) is 9.36 Å². The molecule has 5 nitrogen and oxygen atoms in total. The number of fused-ring (bicyclic) bond motifs is 1. The number of nitrogens with one attached hydrogen (secondary N) is 1. The van der Waals surface area contributed by atoms with Gasteiger partial charge in [-0.15, -0.1) is 0 Å². The van der Waals surface area contributed by atoms with Crippen LogP contribution in [0, 0.1) is 5.82 Å². The maximum atomic E-state index is 13.3. The summed E-state index contributed by atoms with van der Waals surface area (Å²) < 4.78 is 15.3. The molecule has 0 aliphatic carbocycles. The van der Waals surface area contributed by atoms with E-state index in [9.17, 15) is 9.18 Å². The van der Waals surface area contributed by atoms with E-state index in [0.717, 1.165) is 33.0 Å². The summed E-state index contributed by atoms with van der Waals surface area (Å²) in [6.07, 6.45) is 1.76. The van der Waals surface area contributed by atoms with Crippen LogP contribution in [0.15, 0.2) is 102 Å². The minimum Gasteiger partial charge on any atom is -0.346 e. The summed E-state index contributed by atoms with van der Waals surface area (Å²) in [5.74, 6) is 0.317. The highest BCUT2D eigenvalue weighted by atomic mass is 32.2. The molecule has 0 saturated heterocycles. The van der Waals surface area contributed by atoms with E-state index < -0.39 is 0 Å². The molecule has 36 heavy (non-hydrogen) atoms. The van der Waals surface area contributed by atoms with E-state index in [1.54, 1.807) is 30.1 Å². The fraction of sp³-hybridized carbons (Fsp3) is 0.138. The van der Waals surface area contributed by atoms with E-state index in [2.05, 4.69) is 14.9 Å². The standard InChI is InChI=1S/C29H25FN4OS/c1-20(23-6-3-2-4-7-23)32-28(35)24-13-9-21(10-14-24)18-34-27-26(8-5-17-31-27)33-29(34)36-19-22-11-15-25(30)16-12-22/h2-17,20H,18-19H2,1H3,(H,32,35)/t20-/m1/s1. The number of hydrogen-bond donors (Lipinski definition) is 1. The van der Waals surface area contributed by atoms with Crippen molar-refractivity contribution in [3.8, 4) is 0 Å². The quantitative estimate of drug-likeness (QED) is 0.253. The summed E-state index contributed by atoms with van der Waals surface area (Å²) in [6, 6.07) is 27.8. The summed E-state index contributed by atoms with van der Waals surface area (Å²) in [7, 11) is 0. The molecule has 0 fully saturated rings. The summed E-state index contributed by atoms with van der Waals surface area (Å²) in [5.41, 5.74) is 5.36. The van der Waals surface area contributed by atoms with Crippen molar-refractivity contribution in [2.24, 2.45) is 0 Å². The Kier molecular flexibility index (Phi) is 7.09. The van der Waals surface area contributed by atoms with Crippen LogP contribution in [-0.2, 0) is 12.3 Å². The van der Waals surface area contributed by atoms with Crippen LogP contribution in [0.3, 0.4) is 0 Å². The number of nitrogens with zero attached hydrogens (tertiary/aromatic N) is 3. The first-order valence-corrected chi connectivity index (χ1v) is 12.7. The predicted molar refractivity (Wildman–Crippen MR) is 141 cm³/mol. The fourth-order valence-corrected chi connectivity index (χ4v) is 4.93. The van der Waals surface area contributed by atoms with E-state index in [0.29, 0.717) is 17.9 Å². The van der Waals surface area contributed by atoms with Crippen LogP contribution in [0.25, 0.3) is 11.2 Å². The lowest BCUT2D eigenvalue weighted by Gasteiger charge is -2.14. The van der Waals surface area contributed by atoms with Gasteiger partial charge in [0.05, 0.1) is 12.6 Å². The Morgan fingerprint density at radius 1 is 0.944 bits per heavy atom. The summed E-state index contributed by atoms with van der Waals surface area (Å²) in [6.45, 7) is 2.55. The third kappa shape index (κ3) is 5.47. The van der Waals surface area contributed by atoms with Crippen molar-refractivity contribution in [3.63, 3.8) is 0 Å². The van der Waals surface area contributed by atoms with Crippen LogP contribution in [-0.4, -0.2) is 20.4 Å². The smallest absolute Gasteiger partial charge is 0.251 e. The normalized spacial score (nSPS) is 11.9. The summed E-state index contributed by atoms with van der Waals surface area (Å²) in [4.78, 5) is 22.1. The van der Waals surface area contributed by atoms with Crippen molar-refractivity contribution in [1.29, 1.82) is 0 Å². The minimum atomic E-state index is -0.244. The summed E-state index contributed by atoms with van der Waals surface area (Å²) >= 11 is 1.59. The van der Waals surface area contributed by atoms with Gasteiger partial charge in [-0.05, 0) is 60.0 Å². The van der Waals surface area contributed by atoms with Gasteiger partial charge in [0.1, 0.15) is 11.3 Å². The van der Waals surface area contributed by atoms with Crippen LogP contribution in [0.2, 0.25) is 0 Å². The Morgan fingerprint density at radius 3 is 2.42 bits per heavy atom. The van der Waals surface area contributed by atoms with Crippen LogP contribution < -0.4 is 5.32 Å². The topological polar surface area (TPSA) is 59.8 Å². The van der Waals surface area contributed by atoms with E-state index in [4.69, 9.17) is 4.98 Å². The molecule has 0 radical (unpaired) electrons. The molecule has 5 aromatic rings. The van der Waals surface area contributed by atoms with Crippen molar-refractivity contribution in [3.05, 3.63) is 125 Å². The molecule has 2 aromatic heterocycles. The first-order chi connectivity index (χ1) is 17.6. The van der Waals surface area contributed by atoms with Crippen LogP contribution >= 0.6 is 11.8 Å². The van der Waals surface area contributed by atoms with E-state index in [1.807, 2.05) is 73.7 Å².